The second-order valence-electron chi connectivity index (χ2n) is 8.53. The summed E-state index contributed by atoms with van der Waals surface area (Å²) < 4.78 is 13.5. The van der Waals surface area contributed by atoms with Crippen molar-refractivity contribution in [3.8, 4) is 0 Å². The van der Waals surface area contributed by atoms with Gasteiger partial charge in [-0.05, 0) is 19.3 Å². The molecule has 0 radical (unpaired) electrons. The zero-order chi connectivity index (χ0) is 19.3. The van der Waals surface area contributed by atoms with Crippen LogP contribution in [0.1, 0.15) is 136 Å². The molecular formula is C24H51OP. The molecule has 0 aromatic rings. The molecule has 0 aliphatic rings. The molecule has 0 aliphatic heterocycles. The maximum atomic E-state index is 13.5. The van der Waals surface area contributed by atoms with Crippen LogP contribution in [-0.4, -0.2) is 18.5 Å². The molecule has 0 atom stereocenters. The molecule has 0 heterocycles. The highest BCUT2D eigenvalue weighted by Gasteiger charge is 2.20. The molecule has 0 bridgehead atoms. The van der Waals surface area contributed by atoms with E-state index >= 15 is 0 Å². The second-order valence-corrected chi connectivity index (χ2v) is 12.0. The van der Waals surface area contributed by atoms with Gasteiger partial charge in [-0.1, -0.05) is 117 Å². The molecule has 2 heteroatoms. The Kier molecular flexibility index (Phi) is 20.2. The molecule has 158 valence electrons. The second kappa shape index (κ2) is 20.0. The monoisotopic (exact) mass is 387 g/mol. The quantitative estimate of drug-likeness (QED) is 0.141. The van der Waals surface area contributed by atoms with Crippen molar-refractivity contribution in [3.63, 3.8) is 0 Å². The van der Waals surface area contributed by atoms with Gasteiger partial charge in [0.15, 0.2) is 0 Å². The fourth-order valence-electron chi connectivity index (χ4n) is 3.88. The van der Waals surface area contributed by atoms with Crippen LogP contribution in [-0.2, 0) is 4.57 Å². The van der Waals surface area contributed by atoms with E-state index in [9.17, 15) is 4.57 Å². The van der Waals surface area contributed by atoms with E-state index in [1.54, 1.807) is 0 Å². The standard InChI is InChI=1S/C24H51OP/c1-4-7-10-13-16-19-22-26(25,23-20-17-14-11-8-5-2)24-21-18-15-12-9-6-3/h4-24H2,1-3H3/i26+1. The van der Waals surface area contributed by atoms with E-state index in [-0.39, 0.29) is 0 Å². The Morgan fingerprint density at radius 3 is 0.885 bits per heavy atom. The topological polar surface area (TPSA) is 17.1 Å². The Morgan fingerprint density at radius 1 is 0.385 bits per heavy atom. The van der Waals surface area contributed by atoms with Gasteiger partial charge in [-0.2, -0.15) is 0 Å². The summed E-state index contributed by atoms with van der Waals surface area (Å²) in [6, 6.07) is 0. The van der Waals surface area contributed by atoms with Crippen LogP contribution in [0.2, 0.25) is 0 Å². The molecule has 0 fully saturated rings. The zero-order valence-corrected chi connectivity index (χ0v) is 19.6. The molecule has 0 spiro atoms. The highest BCUT2D eigenvalue weighted by Crippen LogP contribution is 2.48. The van der Waals surface area contributed by atoms with Crippen molar-refractivity contribution < 1.29 is 4.57 Å². The predicted octanol–water partition coefficient (Wildman–Crippen LogP) is 9.43. The van der Waals surface area contributed by atoms with Crippen LogP contribution in [0.25, 0.3) is 0 Å². The van der Waals surface area contributed by atoms with Gasteiger partial charge >= 0.3 is 0 Å². The van der Waals surface area contributed by atoms with Crippen molar-refractivity contribution in [1.29, 1.82) is 0 Å². The summed E-state index contributed by atoms with van der Waals surface area (Å²) in [4.78, 5) is 0. The highest BCUT2D eigenvalue weighted by molar-refractivity contribution is 7.63. The summed E-state index contributed by atoms with van der Waals surface area (Å²) in [5.74, 6) is 0. The van der Waals surface area contributed by atoms with E-state index < -0.39 is 7.14 Å². The first-order valence-electron chi connectivity index (χ1n) is 12.3. The van der Waals surface area contributed by atoms with Crippen LogP contribution in [0, 0.1) is 0 Å². The molecule has 0 aliphatic carbocycles. The molecule has 0 unspecified atom stereocenters. The average Bonchev–Trinajstić information content (AvgIpc) is 2.64. The predicted molar refractivity (Wildman–Crippen MR) is 122 cm³/mol. The SMILES string of the molecule is CCCCCCCC[32P](=O)(CCCCCCCC)CCCCCCCC. The Balaban J connectivity index is 4.04. The average molecular weight is 388 g/mol. The first-order chi connectivity index (χ1) is 12.7. The maximum Gasteiger partial charge on any atom is 0.0877 e. The zero-order valence-electron chi connectivity index (χ0n) is 18.7. The van der Waals surface area contributed by atoms with Crippen LogP contribution in [0.15, 0.2) is 0 Å². The Morgan fingerprint density at radius 2 is 0.615 bits per heavy atom. The number of hydrogen-bond donors (Lipinski definition) is 0. The lowest BCUT2D eigenvalue weighted by molar-refractivity contribution is 0.555. The van der Waals surface area contributed by atoms with Gasteiger partial charge in [0, 0.05) is 18.5 Å². The molecule has 1 nitrogen and oxygen atoms in total. The van der Waals surface area contributed by atoms with E-state index in [1.807, 2.05) is 0 Å². The van der Waals surface area contributed by atoms with Gasteiger partial charge in [-0.3, -0.25) is 0 Å². The largest absolute Gasteiger partial charge is 0.324 e. The van der Waals surface area contributed by atoms with Crippen molar-refractivity contribution >= 4 is 7.14 Å². The first-order valence-corrected chi connectivity index (χ1v) is 14.5. The molecule has 0 aromatic carbocycles. The lowest BCUT2D eigenvalue weighted by Crippen LogP contribution is -2.02. The van der Waals surface area contributed by atoms with Gasteiger partial charge < -0.3 is 4.57 Å². The van der Waals surface area contributed by atoms with Gasteiger partial charge in [0.2, 0.25) is 0 Å². The molecule has 26 heavy (non-hydrogen) atoms. The van der Waals surface area contributed by atoms with Gasteiger partial charge in [0.05, 0.1) is 7.14 Å². The molecule has 0 amide bonds. The lowest BCUT2D eigenvalue weighted by Gasteiger charge is -2.18. The van der Waals surface area contributed by atoms with Crippen LogP contribution in [0.5, 0.6) is 0 Å². The minimum absolute atomic E-state index is 1.04. The van der Waals surface area contributed by atoms with E-state index in [1.165, 1.54) is 116 Å². The van der Waals surface area contributed by atoms with Crippen LogP contribution in [0.4, 0.5) is 0 Å². The molecular weight excluding hydrogens is 336 g/mol. The normalized spacial score (nSPS) is 12.0. The van der Waals surface area contributed by atoms with Crippen molar-refractivity contribution in [1.82, 2.24) is 0 Å². The number of unbranched alkanes of at least 4 members (excludes halogenated alkanes) is 15. The third kappa shape index (κ3) is 17.6. The van der Waals surface area contributed by atoms with Crippen LogP contribution in [0.3, 0.4) is 0 Å². The maximum absolute atomic E-state index is 13.5. The summed E-state index contributed by atoms with van der Waals surface area (Å²) in [5.41, 5.74) is 0. The first kappa shape index (κ1) is 26.2. The van der Waals surface area contributed by atoms with E-state index in [4.69, 9.17) is 0 Å². The molecule has 0 saturated carbocycles. The highest BCUT2D eigenvalue weighted by atomic mass is 32.2. The summed E-state index contributed by atoms with van der Waals surface area (Å²) in [6.45, 7) is 6.82. The van der Waals surface area contributed by atoms with Crippen molar-refractivity contribution in [2.45, 2.75) is 136 Å². The number of hydrogen-bond acceptors (Lipinski definition) is 1. The number of rotatable bonds is 21. The van der Waals surface area contributed by atoms with E-state index in [0.29, 0.717) is 0 Å². The summed E-state index contributed by atoms with van der Waals surface area (Å²) >= 11 is 0. The van der Waals surface area contributed by atoms with E-state index in [2.05, 4.69) is 20.8 Å². The van der Waals surface area contributed by atoms with Gasteiger partial charge in [-0.15, -0.1) is 0 Å². The molecule has 0 aromatic heterocycles. The van der Waals surface area contributed by atoms with Crippen molar-refractivity contribution in [2.24, 2.45) is 0 Å². The molecule has 0 N–H and O–H groups in total. The smallest absolute Gasteiger partial charge is 0.0877 e. The third-order valence-corrected chi connectivity index (χ3v) is 9.15. The van der Waals surface area contributed by atoms with Gasteiger partial charge in [0.25, 0.3) is 0 Å². The van der Waals surface area contributed by atoms with Crippen LogP contribution >= 0.6 is 7.14 Å². The Hall–Kier alpha value is 0.230. The minimum Gasteiger partial charge on any atom is -0.324 e. The van der Waals surface area contributed by atoms with Crippen LogP contribution < -0.4 is 0 Å². The fraction of sp³-hybridized carbons (Fsp3) is 1.00. The van der Waals surface area contributed by atoms with Gasteiger partial charge in [0.1, 0.15) is 0 Å². The summed E-state index contributed by atoms with van der Waals surface area (Å²) in [5, 5.41) is 0. The fourth-order valence-corrected chi connectivity index (χ4v) is 6.95. The molecule has 0 rings (SSSR count). The third-order valence-electron chi connectivity index (χ3n) is 5.76. The Bertz CT molecular complexity index is 266. The Labute approximate surface area is 166 Å². The summed E-state index contributed by atoms with van der Waals surface area (Å²) in [7, 11) is -1.89. The van der Waals surface area contributed by atoms with Crippen molar-refractivity contribution in [2.75, 3.05) is 18.5 Å². The molecule has 0 saturated heterocycles. The summed E-state index contributed by atoms with van der Waals surface area (Å²) in [6.07, 6.45) is 26.9. The minimum atomic E-state index is -1.89. The van der Waals surface area contributed by atoms with Crippen molar-refractivity contribution in [3.05, 3.63) is 0 Å². The lowest BCUT2D eigenvalue weighted by atomic mass is 10.1. The van der Waals surface area contributed by atoms with E-state index in [0.717, 1.165) is 18.5 Å². The van der Waals surface area contributed by atoms with Gasteiger partial charge in [-0.25, -0.2) is 0 Å².